The summed E-state index contributed by atoms with van der Waals surface area (Å²) in [6.45, 7) is 0.964. The third-order valence-corrected chi connectivity index (χ3v) is 5.55. The molecule has 0 saturated carbocycles. The number of nitrogens with zero attached hydrogens (tertiary/aromatic N) is 3. The molecule has 0 aliphatic carbocycles. The third-order valence-electron chi connectivity index (χ3n) is 5.55. The number of unbranched alkanes of at least 4 members (excludes halogenated alkanes) is 1. The van der Waals surface area contributed by atoms with Gasteiger partial charge in [0.05, 0.1) is 4.92 Å². The van der Waals surface area contributed by atoms with E-state index in [0.29, 0.717) is 38.8 Å². The van der Waals surface area contributed by atoms with Crippen LogP contribution in [0.3, 0.4) is 0 Å². The maximum atomic E-state index is 13.0. The Kier molecular flexibility index (Phi) is 9.57. The van der Waals surface area contributed by atoms with Gasteiger partial charge in [-0.05, 0) is 49.9 Å². The van der Waals surface area contributed by atoms with Crippen LogP contribution in [0.1, 0.15) is 31.2 Å². The van der Waals surface area contributed by atoms with Crippen LogP contribution < -0.4 is 15.9 Å². The van der Waals surface area contributed by atoms with Gasteiger partial charge in [-0.25, -0.2) is 14.6 Å². The molecule has 12 nitrogen and oxygen atoms in total. The van der Waals surface area contributed by atoms with E-state index in [-0.39, 0.29) is 24.6 Å². The summed E-state index contributed by atoms with van der Waals surface area (Å²) in [5, 5.41) is 11.8. The zero-order valence-corrected chi connectivity index (χ0v) is 19.7. The van der Waals surface area contributed by atoms with E-state index in [9.17, 15) is 24.5 Å². The lowest BCUT2D eigenvalue weighted by Gasteiger charge is -2.27. The fourth-order valence-corrected chi connectivity index (χ4v) is 3.67. The van der Waals surface area contributed by atoms with Crippen molar-refractivity contribution in [2.24, 2.45) is 5.73 Å². The van der Waals surface area contributed by atoms with Gasteiger partial charge in [0.15, 0.2) is 0 Å². The summed E-state index contributed by atoms with van der Waals surface area (Å²) in [6.07, 6.45) is 0.655. The smallest absolute Gasteiger partial charge is 0.434 e. The van der Waals surface area contributed by atoms with Crippen LogP contribution in [0.5, 0.6) is 5.75 Å². The molecule has 1 aliphatic rings. The van der Waals surface area contributed by atoms with Crippen LogP contribution in [-0.4, -0.2) is 58.6 Å². The molecule has 0 radical (unpaired) electrons. The molecule has 1 saturated heterocycles. The van der Waals surface area contributed by atoms with Crippen molar-refractivity contribution in [3.05, 3.63) is 70.3 Å². The highest BCUT2D eigenvalue weighted by Crippen LogP contribution is 2.20. The van der Waals surface area contributed by atoms with Gasteiger partial charge in [0.25, 0.3) is 11.6 Å². The Hall–Kier alpha value is -4.19. The van der Waals surface area contributed by atoms with Gasteiger partial charge in [0.1, 0.15) is 18.4 Å². The second-order valence-electron chi connectivity index (χ2n) is 8.13. The lowest BCUT2D eigenvalue weighted by molar-refractivity contribution is -0.384. The van der Waals surface area contributed by atoms with E-state index >= 15 is 0 Å². The Morgan fingerprint density at radius 3 is 2.50 bits per heavy atom. The van der Waals surface area contributed by atoms with Gasteiger partial charge in [0.2, 0.25) is 0 Å². The maximum Gasteiger partial charge on any atom is 0.434 e. The lowest BCUT2D eigenvalue weighted by atomic mass is 10.2. The van der Waals surface area contributed by atoms with Gasteiger partial charge >= 0.3 is 12.2 Å². The molecule has 3 N–H and O–H groups in total. The average molecular weight is 500 g/mol. The number of hydrazine groups is 1. The number of amides is 3. The predicted octanol–water partition coefficient (Wildman–Crippen LogP) is 2.97. The summed E-state index contributed by atoms with van der Waals surface area (Å²) in [6, 6.07) is 13.4. The van der Waals surface area contributed by atoms with Gasteiger partial charge in [-0.15, -0.1) is 0 Å². The van der Waals surface area contributed by atoms with Crippen LogP contribution in [0.15, 0.2) is 54.6 Å². The van der Waals surface area contributed by atoms with Gasteiger partial charge in [0, 0.05) is 25.2 Å². The van der Waals surface area contributed by atoms with Crippen molar-refractivity contribution >= 4 is 23.8 Å². The predicted molar refractivity (Wildman–Crippen MR) is 129 cm³/mol. The van der Waals surface area contributed by atoms with E-state index < -0.39 is 29.1 Å². The minimum atomic E-state index is -0.870. The SMILES string of the molecule is NCCCCN(NC(=O)[C@@H]1CCCN1C(=O)OCc1ccccc1)C(=O)Oc1ccc([N+](=O)[O-])cc1. The Morgan fingerprint density at radius 2 is 1.83 bits per heavy atom. The molecule has 2 aromatic rings. The molecule has 2 aromatic carbocycles. The number of carbonyl (C=O) groups is 3. The lowest BCUT2D eigenvalue weighted by Crippen LogP contribution is -2.54. The number of hydrogen-bond acceptors (Lipinski definition) is 8. The van der Waals surface area contributed by atoms with Crippen molar-refractivity contribution in [3.8, 4) is 5.75 Å². The molecule has 1 fully saturated rings. The van der Waals surface area contributed by atoms with Crippen molar-refractivity contribution in [2.75, 3.05) is 19.6 Å². The van der Waals surface area contributed by atoms with Crippen molar-refractivity contribution in [1.82, 2.24) is 15.3 Å². The fourth-order valence-electron chi connectivity index (χ4n) is 3.67. The molecule has 0 bridgehead atoms. The standard InChI is InChI=1S/C24H29N5O7/c25-14-4-5-16-28(24(32)36-20-12-10-19(11-13-20)29(33)34)26-22(30)21-9-6-15-27(21)23(31)35-17-18-7-2-1-3-8-18/h1-3,7-8,10-13,21H,4-6,9,14-17,25H2,(H,26,30)/t21-/m0/s1. The van der Waals surface area contributed by atoms with Gasteiger partial charge < -0.3 is 15.2 Å². The van der Waals surface area contributed by atoms with E-state index in [0.717, 1.165) is 10.6 Å². The Labute approximate surface area is 208 Å². The Morgan fingerprint density at radius 1 is 1.11 bits per heavy atom. The first-order chi connectivity index (χ1) is 17.4. The van der Waals surface area contributed by atoms with Crippen LogP contribution in [-0.2, 0) is 16.1 Å². The molecule has 12 heteroatoms. The molecule has 1 atom stereocenters. The van der Waals surface area contributed by atoms with Crippen molar-refractivity contribution < 1.29 is 28.8 Å². The molecule has 36 heavy (non-hydrogen) atoms. The topological polar surface area (TPSA) is 157 Å². The number of ether oxygens (including phenoxy) is 2. The van der Waals surface area contributed by atoms with Crippen LogP contribution >= 0.6 is 0 Å². The second-order valence-corrected chi connectivity index (χ2v) is 8.13. The number of non-ortho nitro benzene ring substituents is 1. The number of nitro benzene ring substituents is 1. The molecule has 0 unspecified atom stereocenters. The second kappa shape index (κ2) is 13.0. The maximum absolute atomic E-state index is 13.0. The summed E-state index contributed by atoms with van der Waals surface area (Å²) in [4.78, 5) is 50.0. The highest BCUT2D eigenvalue weighted by Gasteiger charge is 2.36. The third kappa shape index (κ3) is 7.40. The van der Waals surface area contributed by atoms with Crippen LogP contribution in [0.2, 0.25) is 0 Å². The van der Waals surface area contributed by atoms with Gasteiger partial charge in [-0.2, -0.15) is 0 Å². The zero-order valence-electron chi connectivity index (χ0n) is 19.7. The molecule has 3 amide bonds. The fraction of sp³-hybridized carbons (Fsp3) is 0.375. The molecule has 0 spiro atoms. The highest BCUT2D eigenvalue weighted by molar-refractivity contribution is 5.87. The number of likely N-dealkylation sites (tertiary alicyclic amines) is 1. The largest absolute Gasteiger partial charge is 0.445 e. The zero-order chi connectivity index (χ0) is 25.9. The molecule has 3 rings (SSSR count). The summed E-state index contributed by atoms with van der Waals surface area (Å²) in [7, 11) is 0. The van der Waals surface area contributed by atoms with Crippen molar-refractivity contribution in [3.63, 3.8) is 0 Å². The van der Waals surface area contributed by atoms with Crippen molar-refractivity contribution in [2.45, 2.75) is 38.3 Å². The Bertz CT molecular complexity index is 1050. The highest BCUT2D eigenvalue weighted by atomic mass is 16.6. The molecular formula is C24H29N5O7. The average Bonchev–Trinajstić information content (AvgIpc) is 3.38. The Balaban J connectivity index is 1.62. The first-order valence-corrected chi connectivity index (χ1v) is 11.6. The number of nitro groups is 1. The summed E-state index contributed by atoms with van der Waals surface area (Å²) >= 11 is 0. The quantitative estimate of drug-likeness (QED) is 0.303. The summed E-state index contributed by atoms with van der Waals surface area (Å²) < 4.78 is 10.7. The van der Waals surface area contributed by atoms with E-state index in [2.05, 4.69) is 5.43 Å². The number of rotatable bonds is 9. The minimum Gasteiger partial charge on any atom is -0.445 e. The summed E-state index contributed by atoms with van der Waals surface area (Å²) in [5.41, 5.74) is 8.76. The molecule has 192 valence electrons. The normalized spacial score (nSPS) is 14.7. The molecule has 0 aromatic heterocycles. The van der Waals surface area contributed by atoms with E-state index in [1.54, 1.807) is 0 Å². The number of carbonyl (C=O) groups excluding carboxylic acids is 3. The first-order valence-electron chi connectivity index (χ1n) is 11.6. The molecule has 1 heterocycles. The monoisotopic (exact) mass is 499 g/mol. The number of benzene rings is 2. The summed E-state index contributed by atoms with van der Waals surface area (Å²) in [5.74, 6) is -0.465. The number of hydrogen-bond donors (Lipinski definition) is 2. The molecule has 1 aliphatic heterocycles. The van der Waals surface area contributed by atoms with E-state index in [4.69, 9.17) is 15.2 Å². The first kappa shape index (κ1) is 26.4. The van der Waals surface area contributed by atoms with Gasteiger partial charge in [-0.1, -0.05) is 30.3 Å². The number of nitrogens with two attached hydrogens (primary N) is 1. The van der Waals surface area contributed by atoms with Gasteiger partial charge in [-0.3, -0.25) is 25.2 Å². The van der Waals surface area contributed by atoms with Crippen LogP contribution in [0.25, 0.3) is 0 Å². The van der Waals surface area contributed by atoms with E-state index in [1.165, 1.54) is 29.2 Å². The van der Waals surface area contributed by atoms with Crippen LogP contribution in [0.4, 0.5) is 15.3 Å². The van der Waals surface area contributed by atoms with Crippen LogP contribution in [0, 0.1) is 10.1 Å². The molecular weight excluding hydrogens is 470 g/mol. The number of nitrogens with one attached hydrogen (secondary N) is 1. The van der Waals surface area contributed by atoms with Crippen molar-refractivity contribution in [1.29, 1.82) is 0 Å². The minimum absolute atomic E-state index is 0.0793. The van der Waals surface area contributed by atoms with E-state index in [1.807, 2.05) is 30.3 Å².